The normalized spacial score (nSPS) is 12.1. The van der Waals surface area contributed by atoms with Crippen LogP contribution in [0.1, 0.15) is 34.1 Å². The van der Waals surface area contributed by atoms with E-state index in [0.29, 0.717) is 0 Å². The lowest BCUT2D eigenvalue weighted by atomic mass is 9.79. The Hall–Kier alpha value is -1.54. The predicted octanol–water partition coefficient (Wildman–Crippen LogP) is 3.59. The number of nitriles is 2. The van der Waals surface area contributed by atoms with E-state index in [-0.39, 0.29) is 16.9 Å². The van der Waals surface area contributed by atoms with Crippen LogP contribution in [0.3, 0.4) is 0 Å². The molecule has 0 radical (unpaired) electrons. The Morgan fingerprint density at radius 3 is 2.07 bits per heavy atom. The summed E-state index contributed by atoms with van der Waals surface area (Å²) < 4.78 is 0. The van der Waals surface area contributed by atoms with E-state index in [9.17, 15) is 0 Å². The standard InChI is InChI=1S/C13H18N2/c1-6-10(2)7-12(13(3,4)5)11(8-14)9-15/h6,10H,1,7H2,2-5H3. The summed E-state index contributed by atoms with van der Waals surface area (Å²) in [6, 6.07) is 3.94. The highest BCUT2D eigenvalue weighted by atomic mass is 14.3. The zero-order valence-corrected chi connectivity index (χ0v) is 9.96. The Morgan fingerprint density at radius 1 is 1.33 bits per heavy atom. The molecule has 0 rings (SSSR count). The molecular weight excluding hydrogens is 184 g/mol. The van der Waals surface area contributed by atoms with Crippen molar-refractivity contribution in [3.63, 3.8) is 0 Å². The van der Waals surface area contributed by atoms with Crippen molar-refractivity contribution < 1.29 is 0 Å². The van der Waals surface area contributed by atoms with E-state index in [1.807, 2.05) is 45.9 Å². The van der Waals surface area contributed by atoms with Crippen LogP contribution in [0.4, 0.5) is 0 Å². The molecule has 0 saturated carbocycles. The van der Waals surface area contributed by atoms with Crippen LogP contribution in [0.25, 0.3) is 0 Å². The van der Waals surface area contributed by atoms with Crippen molar-refractivity contribution in [2.75, 3.05) is 0 Å². The Kier molecular flexibility index (Phi) is 4.82. The van der Waals surface area contributed by atoms with Gasteiger partial charge < -0.3 is 0 Å². The summed E-state index contributed by atoms with van der Waals surface area (Å²) in [5, 5.41) is 17.8. The summed E-state index contributed by atoms with van der Waals surface area (Å²) >= 11 is 0. The first-order valence-electron chi connectivity index (χ1n) is 5.03. The molecule has 0 aliphatic carbocycles. The van der Waals surface area contributed by atoms with E-state index in [4.69, 9.17) is 10.5 Å². The summed E-state index contributed by atoms with van der Waals surface area (Å²) in [5.41, 5.74) is 1.02. The van der Waals surface area contributed by atoms with Gasteiger partial charge >= 0.3 is 0 Å². The quantitative estimate of drug-likeness (QED) is 0.518. The van der Waals surface area contributed by atoms with Crippen LogP contribution in [0.15, 0.2) is 23.8 Å². The minimum atomic E-state index is -0.141. The molecule has 0 aromatic rings. The molecule has 80 valence electrons. The molecule has 0 heterocycles. The molecule has 1 unspecified atom stereocenters. The van der Waals surface area contributed by atoms with Gasteiger partial charge in [0.05, 0.1) is 0 Å². The van der Waals surface area contributed by atoms with Gasteiger partial charge in [-0.1, -0.05) is 33.8 Å². The van der Waals surface area contributed by atoms with Gasteiger partial charge in [0, 0.05) is 0 Å². The van der Waals surface area contributed by atoms with Crippen LogP contribution in [0.5, 0.6) is 0 Å². The lowest BCUT2D eigenvalue weighted by molar-refractivity contribution is 0.462. The average Bonchev–Trinajstić information content (AvgIpc) is 2.16. The molecule has 0 bridgehead atoms. The SMILES string of the molecule is C=CC(C)CC(=C(C#N)C#N)C(C)(C)C. The molecule has 0 amide bonds. The fraction of sp³-hybridized carbons (Fsp3) is 0.538. The van der Waals surface area contributed by atoms with Crippen LogP contribution in [-0.4, -0.2) is 0 Å². The van der Waals surface area contributed by atoms with Gasteiger partial charge in [-0.2, -0.15) is 10.5 Å². The number of hydrogen-bond donors (Lipinski definition) is 0. The van der Waals surface area contributed by atoms with Crippen LogP contribution in [0, 0.1) is 34.0 Å². The first-order valence-corrected chi connectivity index (χ1v) is 5.03. The van der Waals surface area contributed by atoms with E-state index >= 15 is 0 Å². The van der Waals surface area contributed by atoms with Crippen LogP contribution >= 0.6 is 0 Å². The van der Waals surface area contributed by atoms with Crippen molar-refractivity contribution in [3.05, 3.63) is 23.8 Å². The summed E-state index contributed by atoms with van der Waals surface area (Å²) in [7, 11) is 0. The second-order valence-electron chi connectivity index (χ2n) is 4.74. The Morgan fingerprint density at radius 2 is 1.80 bits per heavy atom. The lowest BCUT2D eigenvalue weighted by Gasteiger charge is -2.24. The van der Waals surface area contributed by atoms with Crippen molar-refractivity contribution in [2.24, 2.45) is 11.3 Å². The predicted molar refractivity (Wildman–Crippen MR) is 61.7 cm³/mol. The molecule has 0 N–H and O–H groups in total. The highest BCUT2D eigenvalue weighted by Crippen LogP contribution is 2.33. The third kappa shape index (κ3) is 4.00. The molecule has 0 fully saturated rings. The van der Waals surface area contributed by atoms with Crippen molar-refractivity contribution >= 4 is 0 Å². The third-order valence-corrected chi connectivity index (χ3v) is 2.36. The van der Waals surface area contributed by atoms with Crippen molar-refractivity contribution in [2.45, 2.75) is 34.1 Å². The van der Waals surface area contributed by atoms with Gasteiger partial charge in [-0.05, 0) is 23.3 Å². The van der Waals surface area contributed by atoms with Crippen LogP contribution in [0.2, 0.25) is 0 Å². The van der Waals surface area contributed by atoms with E-state index in [0.717, 1.165) is 12.0 Å². The van der Waals surface area contributed by atoms with Gasteiger partial charge in [0.2, 0.25) is 0 Å². The second kappa shape index (κ2) is 5.37. The van der Waals surface area contributed by atoms with E-state index < -0.39 is 0 Å². The molecule has 0 spiro atoms. The summed E-state index contributed by atoms with van der Waals surface area (Å²) in [5.74, 6) is 0.288. The number of allylic oxidation sites excluding steroid dienone is 3. The summed E-state index contributed by atoms with van der Waals surface area (Å²) in [6.45, 7) is 11.8. The van der Waals surface area contributed by atoms with Crippen molar-refractivity contribution in [1.82, 2.24) is 0 Å². The summed E-state index contributed by atoms with van der Waals surface area (Å²) in [4.78, 5) is 0. The fourth-order valence-electron chi connectivity index (χ4n) is 1.35. The maximum Gasteiger partial charge on any atom is 0.129 e. The van der Waals surface area contributed by atoms with E-state index in [1.165, 1.54) is 0 Å². The first-order chi connectivity index (χ1) is 6.86. The zero-order valence-electron chi connectivity index (χ0n) is 9.96. The van der Waals surface area contributed by atoms with E-state index in [2.05, 4.69) is 6.58 Å². The molecule has 0 aliphatic rings. The van der Waals surface area contributed by atoms with Gasteiger partial charge in [0.25, 0.3) is 0 Å². The maximum absolute atomic E-state index is 8.89. The second-order valence-corrected chi connectivity index (χ2v) is 4.74. The topological polar surface area (TPSA) is 47.6 Å². The van der Waals surface area contributed by atoms with Crippen LogP contribution in [-0.2, 0) is 0 Å². The average molecular weight is 202 g/mol. The molecule has 0 aromatic carbocycles. The number of rotatable bonds is 3. The highest BCUT2D eigenvalue weighted by molar-refractivity contribution is 5.42. The van der Waals surface area contributed by atoms with Crippen LogP contribution < -0.4 is 0 Å². The van der Waals surface area contributed by atoms with Gasteiger partial charge in [-0.15, -0.1) is 6.58 Å². The zero-order chi connectivity index (χ0) is 12.1. The highest BCUT2D eigenvalue weighted by Gasteiger charge is 2.22. The monoisotopic (exact) mass is 202 g/mol. The Bertz CT molecular complexity index is 326. The molecule has 2 heteroatoms. The first kappa shape index (κ1) is 13.5. The number of hydrogen-bond acceptors (Lipinski definition) is 2. The molecule has 0 aromatic heterocycles. The van der Waals surface area contributed by atoms with Crippen molar-refractivity contribution in [1.29, 1.82) is 10.5 Å². The third-order valence-electron chi connectivity index (χ3n) is 2.36. The molecule has 1 atom stereocenters. The maximum atomic E-state index is 8.89. The lowest BCUT2D eigenvalue weighted by Crippen LogP contribution is -2.14. The number of nitrogens with zero attached hydrogens (tertiary/aromatic N) is 2. The van der Waals surface area contributed by atoms with Gasteiger partial charge in [0.15, 0.2) is 0 Å². The smallest absolute Gasteiger partial charge is 0.129 e. The molecular formula is C13H18N2. The van der Waals surface area contributed by atoms with Gasteiger partial charge in [0.1, 0.15) is 17.7 Å². The van der Waals surface area contributed by atoms with E-state index in [1.54, 1.807) is 0 Å². The largest absolute Gasteiger partial charge is 0.192 e. The molecule has 2 nitrogen and oxygen atoms in total. The molecule has 0 aliphatic heterocycles. The van der Waals surface area contributed by atoms with Gasteiger partial charge in [-0.3, -0.25) is 0 Å². The Labute approximate surface area is 92.5 Å². The minimum Gasteiger partial charge on any atom is -0.192 e. The Balaban J connectivity index is 5.29. The summed E-state index contributed by atoms with van der Waals surface area (Å²) in [6.07, 6.45) is 2.57. The van der Waals surface area contributed by atoms with Crippen molar-refractivity contribution in [3.8, 4) is 12.1 Å². The molecule has 0 saturated heterocycles. The fourth-order valence-corrected chi connectivity index (χ4v) is 1.35. The molecule has 15 heavy (non-hydrogen) atoms. The van der Waals surface area contributed by atoms with Gasteiger partial charge in [-0.25, -0.2) is 0 Å². The minimum absolute atomic E-state index is 0.141.